The summed E-state index contributed by atoms with van der Waals surface area (Å²) in [6.45, 7) is 10.1. The van der Waals surface area contributed by atoms with Gasteiger partial charge in [0.1, 0.15) is 16.2 Å². The van der Waals surface area contributed by atoms with Crippen LogP contribution in [0.5, 0.6) is 0 Å². The average molecular weight is 399 g/mol. The van der Waals surface area contributed by atoms with E-state index in [9.17, 15) is 19.1 Å². The van der Waals surface area contributed by atoms with Gasteiger partial charge in [-0.25, -0.2) is 4.39 Å². The normalized spacial score (nSPS) is 15.7. The number of non-ortho nitro benzene ring substituents is 1. The Morgan fingerprint density at radius 2 is 1.89 bits per heavy atom. The van der Waals surface area contributed by atoms with E-state index in [-0.39, 0.29) is 24.3 Å². The highest BCUT2D eigenvalue weighted by molar-refractivity contribution is 7.90. The highest BCUT2D eigenvalue weighted by atomic mass is 32.2. The number of benzene rings is 1. The van der Waals surface area contributed by atoms with Crippen molar-refractivity contribution in [1.82, 2.24) is 4.72 Å². The van der Waals surface area contributed by atoms with Crippen molar-refractivity contribution in [1.29, 1.82) is 5.26 Å². The van der Waals surface area contributed by atoms with Gasteiger partial charge in [0, 0.05) is 29.1 Å². The number of hydrogen-bond acceptors (Lipinski definition) is 6. The van der Waals surface area contributed by atoms with Crippen molar-refractivity contribution in [3.8, 4) is 6.07 Å². The molecule has 1 rings (SSSR count). The number of nitro groups is 1. The van der Waals surface area contributed by atoms with Crippen molar-refractivity contribution < 1.29 is 18.6 Å². The van der Waals surface area contributed by atoms with Crippen molar-refractivity contribution in [2.45, 2.75) is 63.9 Å². The Bertz CT molecular complexity index is 730. The minimum atomic E-state index is -1.57. The first-order chi connectivity index (χ1) is 12.2. The number of nitrogens with zero attached hydrogens (tertiary/aromatic N) is 2. The van der Waals surface area contributed by atoms with Crippen LogP contribution >= 0.6 is 0 Å². The summed E-state index contributed by atoms with van der Waals surface area (Å²) in [4.78, 5) is 10.5. The molecule has 9 heteroatoms. The Hall–Kier alpha value is -1.73. The molecule has 0 saturated heterocycles. The van der Waals surface area contributed by atoms with E-state index in [0.717, 1.165) is 18.2 Å². The summed E-state index contributed by atoms with van der Waals surface area (Å²) in [5.41, 5.74) is -2.49. The third kappa shape index (κ3) is 6.43. The van der Waals surface area contributed by atoms with E-state index in [4.69, 9.17) is 10.00 Å². The molecule has 1 aromatic rings. The highest BCUT2D eigenvalue weighted by Crippen LogP contribution is 2.33. The number of nitro benzene ring substituents is 1. The average Bonchev–Trinajstić information content (AvgIpc) is 2.53. The Morgan fingerprint density at radius 1 is 1.30 bits per heavy atom. The molecule has 0 aliphatic carbocycles. The lowest BCUT2D eigenvalue weighted by Gasteiger charge is -2.35. The fourth-order valence-electron chi connectivity index (χ4n) is 2.19. The molecule has 0 amide bonds. The second-order valence-corrected chi connectivity index (χ2v) is 9.92. The van der Waals surface area contributed by atoms with Gasteiger partial charge in [0.25, 0.3) is 5.69 Å². The number of rotatable bonds is 8. The van der Waals surface area contributed by atoms with Crippen LogP contribution in [0.4, 0.5) is 10.1 Å². The molecule has 0 bridgehead atoms. The van der Waals surface area contributed by atoms with Gasteiger partial charge in [-0.3, -0.25) is 10.1 Å². The second kappa shape index (κ2) is 8.52. The summed E-state index contributed by atoms with van der Waals surface area (Å²) >= 11 is -1.57. The van der Waals surface area contributed by atoms with Gasteiger partial charge in [-0.2, -0.15) is 5.26 Å². The number of nitriles is 1. The molecule has 0 spiro atoms. The molecule has 7 nitrogen and oxygen atoms in total. The SMILES string of the molecule is CC(C)(C#N)OCC[C@](C)(N[S+]([O-])C(C)(C)C)c1cc([N+](=O)[O-])ccc1F. The largest absolute Gasteiger partial charge is 0.598 e. The second-order valence-electron chi connectivity index (χ2n) is 7.96. The van der Waals surface area contributed by atoms with Crippen molar-refractivity contribution in [3.05, 3.63) is 39.7 Å². The van der Waals surface area contributed by atoms with Crippen LogP contribution in [0.15, 0.2) is 18.2 Å². The van der Waals surface area contributed by atoms with Gasteiger partial charge >= 0.3 is 0 Å². The standard InChI is InChI=1S/C18H26FN3O4S/c1-16(2,3)27(25)21-18(6,9-10-26-17(4,5)12-20)14-11-13(22(23)24)7-8-15(14)19/h7-8,11,21H,9-10H2,1-6H3/t18-,27?/m0/s1. The molecule has 0 heterocycles. The summed E-state index contributed by atoms with van der Waals surface area (Å²) in [5.74, 6) is -0.652. The van der Waals surface area contributed by atoms with E-state index >= 15 is 0 Å². The number of nitrogens with one attached hydrogen (secondary N) is 1. The van der Waals surface area contributed by atoms with Crippen LogP contribution < -0.4 is 4.72 Å². The van der Waals surface area contributed by atoms with Gasteiger partial charge in [-0.15, -0.1) is 4.72 Å². The minimum Gasteiger partial charge on any atom is -0.598 e. The number of hydrogen-bond donors (Lipinski definition) is 1. The van der Waals surface area contributed by atoms with E-state index in [1.807, 2.05) is 6.07 Å². The van der Waals surface area contributed by atoms with Crippen LogP contribution in [0.25, 0.3) is 0 Å². The first-order valence-corrected chi connectivity index (χ1v) is 9.56. The Kier molecular flexibility index (Phi) is 7.36. The number of halogens is 1. The molecule has 2 atom stereocenters. The third-order valence-electron chi connectivity index (χ3n) is 3.96. The zero-order valence-corrected chi connectivity index (χ0v) is 17.3. The Labute approximate surface area is 162 Å². The van der Waals surface area contributed by atoms with Gasteiger partial charge in [0.15, 0.2) is 0 Å². The van der Waals surface area contributed by atoms with Crippen LogP contribution in [0, 0.1) is 27.3 Å². The molecule has 1 N–H and O–H groups in total. The molecule has 1 aromatic carbocycles. The molecule has 1 unspecified atom stereocenters. The summed E-state index contributed by atoms with van der Waals surface area (Å²) in [7, 11) is 0. The maximum absolute atomic E-state index is 14.5. The van der Waals surface area contributed by atoms with Crippen LogP contribution in [-0.4, -0.2) is 26.4 Å². The van der Waals surface area contributed by atoms with Gasteiger partial charge in [-0.1, -0.05) is 0 Å². The predicted octanol–water partition coefficient (Wildman–Crippen LogP) is 3.71. The van der Waals surface area contributed by atoms with E-state index in [0.29, 0.717) is 0 Å². The first-order valence-electron chi connectivity index (χ1n) is 8.41. The molecular weight excluding hydrogens is 373 g/mol. The van der Waals surface area contributed by atoms with Gasteiger partial charge in [-0.05, 0) is 54.0 Å². The smallest absolute Gasteiger partial charge is 0.269 e. The van der Waals surface area contributed by atoms with Crippen LogP contribution in [0.2, 0.25) is 0 Å². The summed E-state index contributed by atoms with van der Waals surface area (Å²) in [6.07, 6.45) is 0.151. The molecule has 27 heavy (non-hydrogen) atoms. The fourth-order valence-corrected chi connectivity index (χ4v) is 3.12. The summed E-state index contributed by atoms with van der Waals surface area (Å²) < 4.78 is 35.0. The summed E-state index contributed by atoms with van der Waals surface area (Å²) in [5, 5.41) is 20.2. The van der Waals surface area contributed by atoms with Crippen molar-refractivity contribution in [3.63, 3.8) is 0 Å². The van der Waals surface area contributed by atoms with Gasteiger partial charge in [0.2, 0.25) is 0 Å². The van der Waals surface area contributed by atoms with Crippen LogP contribution in [-0.2, 0) is 21.6 Å². The van der Waals surface area contributed by atoms with Crippen molar-refractivity contribution in [2.24, 2.45) is 0 Å². The zero-order valence-electron chi connectivity index (χ0n) is 16.5. The maximum atomic E-state index is 14.5. The van der Waals surface area contributed by atoms with Crippen LogP contribution in [0.3, 0.4) is 0 Å². The lowest BCUT2D eigenvalue weighted by Crippen LogP contribution is -2.51. The van der Waals surface area contributed by atoms with E-state index < -0.39 is 38.0 Å². The molecule has 0 aliphatic heterocycles. The van der Waals surface area contributed by atoms with Crippen molar-refractivity contribution >= 4 is 17.0 Å². The lowest BCUT2D eigenvalue weighted by molar-refractivity contribution is -0.385. The quantitative estimate of drug-likeness (QED) is 0.405. The molecular formula is C18H26FN3O4S. The van der Waals surface area contributed by atoms with E-state index in [1.54, 1.807) is 41.5 Å². The van der Waals surface area contributed by atoms with Gasteiger partial charge in [0.05, 0.1) is 23.1 Å². The minimum absolute atomic E-state index is 0.0210. The first kappa shape index (κ1) is 23.3. The highest BCUT2D eigenvalue weighted by Gasteiger charge is 2.39. The van der Waals surface area contributed by atoms with Gasteiger partial charge < -0.3 is 9.29 Å². The van der Waals surface area contributed by atoms with E-state index in [2.05, 4.69) is 4.72 Å². The maximum Gasteiger partial charge on any atom is 0.269 e. The molecule has 0 fully saturated rings. The molecule has 0 aliphatic rings. The van der Waals surface area contributed by atoms with Crippen molar-refractivity contribution in [2.75, 3.05) is 6.61 Å². The summed E-state index contributed by atoms with van der Waals surface area (Å²) in [6, 6.07) is 5.24. The Morgan fingerprint density at radius 3 is 2.37 bits per heavy atom. The third-order valence-corrected chi connectivity index (χ3v) is 5.71. The predicted molar refractivity (Wildman–Crippen MR) is 102 cm³/mol. The molecule has 0 saturated carbocycles. The topological polar surface area (TPSA) is 111 Å². The monoisotopic (exact) mass is 399 g/mol. The van der Waals surface area contributed by atoms with E-state index in [1.165, 1.54) is 0 Å². The fraction of sp³-hybridized carbons (Fsp3) is 0.611. The lowest BCUT2D eigenvalue weighted by atomic mass is 9.89. The van der Waals surface area contributed by atoms with Crippen LogP contribution in [0.1, 0.15) is 53.5 Å². The number of ether oxygens (including phenoxy) is 1. The Balaban J connectivity index is 3.27. The molecule has 150 valence electrons. The zero-order chi connectivity index (χ0) is 21.0. The molecule has 0 aromatic heterocycles. The molecule has 0 radical (unpaired) electrons.